The first kappa shape index (κ1) is 27.0. The van der Waals surface area contributed by atoms with Crippen molar-refractivity contribution in [3.63, 3.8) is 0 Å². The number of benzene rings is 2. The second-order valence-corrected chi connectivity index (χ2v) is 7.76. The normalized spacial score (nSPS) is 11.1. The number of H-pyrrole nitrogens is 1. The van der Waals surface area contributed by atoms with Crippen LogP contribution in [-0.2, 0) is 16.1 Å². The van der Waals surface area contributed by atoms with Crippen LogP contribution >= 0.6 is 0 Å². The van der Waals surface area contributed by atoms with Crippen LogP contribution in [0.15, 0.2) is 64.2 Å². The molecule has 0 saturated heterocycles. The summed E-state index contributed by atoms with van der Waals surface area (Å²) in [5.74, 6) is -2.56. The van der Waals surface area contributed by atoms with E-state index in [1.165, 1.54) is 0 Å². The number of nitrogens with two attached hydrogens (primary N) is 1. The lowest BCUT2D eigenvalue weighted by Gasteiger charge is -2.24. The molecule has 3 aromatic rings. The van der Waals surface area contributed by atoms with E-state index in [0.29, 0.717) is 6.42 Å². The summed E-state index contributed by atoms with van der Waals surface area (Å²) >= 11 is 0. The average Bonchev–Trinajstić information content (AvgIpc) is 2.84. The Morgan fingerprint density at radius 3 is 2.30 bits per heavy atom. The maximum Gasteiger partial charge on any atom is 0.573 e. The van der Waals surface area contributed by atoms with Crippen LogP contribution < -0.4 is 26.6 Å². The van der Waals surface area contributed by atoms with Gasteiger partial charge in [-0.05, 0) is 36.2 Å². The molecule has 0 spiro atoms. The molecular weight excluding hydrogens is 497 g/mol. The van der Waals surface area contributed by atoms with Crippen molar-refractivity contribution in [3.05, 3.63) is 86.6 Å². The van der Waals surface area contributed by atoms with Crippen molar-refractivity contribution >= 4 is 23.4 Å². The van der Waals surface area contributed by atoms with E-state index in [1.54, 1.807) is 37.3 Å². The third-order valence-corrected chi connectivity index (χ3v) is 5.07. The maximum atomic E-state index is 12.9. The van der Waals surface area contributed by atoms with Gasteiger partial charge in [0.2, 0.25) is 0 Å². The van der Waals surface area contributed by atoms with Gasteiger partial charge >= 0.3 is 18.0 Å². The van der Waals surface area contributed by atoms with Gasteiger partial charge in [-0.25, -0.2) is 9.59 Å². The van der Waals surface area contributed by atoms with Gasteiger partial charge in [-0.1, -0.05) is 37.3 Å². The van der Waals surface area contributed by atoms with E-state index >= 15 is 0 Å². The Bertz CT molecular complexity index is 1370. The van der Waals surface area contributed by atoms with Crippen LogP contribution in [0.1, 0.15) is 29.3 Å². The fourth-order valence-corrected chi connectivity index (χ4v) is 3.43. The molecule has 0 unspecified atom stereocenters. The zero-order valence-electron chi connectivity index (χ0n) is 19.6. The second kappa shape index (κ2) is 11.5. The molecule has 1 amide bonds. The van der Waals surface area contributed by atoms with Crippen molar-refractivity contribution in [1.29, 1.82) is 0 Å². The number of nitrogens with zero attached hydrogens (tertiary/aromatic N) is 2. The number of anilines is 2. The number of carbonyl (C=O) groups excluding carboxylic acids is 2. The molecule has 0 atom stereocenters. The molecule has 0 aliphatic heterocycles. The molecule has 37 heavy (non-hydrogen) atoms. The number of alkyl halides is 3. The number of halogens is 3. The van der Waals surface area contributed by atoms with Gasteiger partial charge < -0.3 is 20.1 Å². The molecule has 0 fully saturated rings. The molecule has 0 bridgehead atoms. The van der Waals surface area contributed by atoms with Gasteiger partial charge in [-0.15, -0.1) is 13.2 Å². The van der Waals surface area contributed by atoms with Crippen molar-refractivity contribution in [2.24, 2.45) is 0 Å². The fourth-order valence-electron chi connectivity index (χ4n) is 3.43. The van der Waals surface area contributed by atoms with E-state index in [0.717, 1.165) is 39.3 Å². The van der Waals surface area contributed by atoms with Gasteiger partial charge in [0.1, 0.15) is 11.6 Å². The lowest BCUT2D eigenvalue weighted by atomic mass is 10.2. The lowest BCUT2D eigenvalue weighted by molar-refractivity contribution is -0.274. The Balaban J connectivity index is 1.79. The molecular formula is C24H23F3N4O6. The quantitative estimate of drug-likeness (QED) is 0.414. The number of aromatic amines is 1. The van der Waals surface area contributed by atoms with Crippen LogP contribution in [-0.4, -0.2) is 40.9 Å². The average molecular weight is 520 g/mol. The zero-order chi connectivity index (χ0) is 27.2. The minimum Gasteiger partial charge on any atom is -0.452 e. The molecule has 1 heterocycles. The van der Waals surface area contributed by atoms with Crippen molar-refractivity contribution in [2.45, 2.75) is 26.3 Å². The van der Waals surface area contributed by atoms with E-state index in [-0.39, 0.29) is 30.2 Å². The van der Waals surface area contributed by atoms with Gasteiger partial charge in [0.05, 0.1) is 12.1 Å². The summed E-state index contributed by atoms with van der Waals surface area (Å²) in [6.45, 7) is 1.00. The van der Waals surface area contributed by atoms with Crippen LogP contribution in [0.25, 0.3) is 0 Å². The largest absolute Gasteiger partial charge is 0.573 e. The van der Waals surface area contributed by atoms with Crippen LogP contribution in [0.4, 0.5) is 24.7 Å². The Morgan fingerprint density at radius 1 is 1.05 bits per heavy atom. The predicted molar refractivity (Wildman–Crippen MR) is 127 cm³/mol. The molecule has 1 aromatic heterocycles. The van der Waals surface area contributed by atoms with Gasteiger partial charge in [-0.3, -0.25) is 19.1 Å². The number of carbonyl (C=O) groups is 2. The summed E-state index contributed by atoms with van der Waals surface area (Å²) in [6.07, 6.45) is -4.49. The minimum atomic E-state index is -4.89. The van der Waals surface area contributed by atoms with Gasteiger partial charge in [-0.2, -0.15) is 0 Å². The highest BCUT2D eigenvalue weighted by molar-refractivity contribution is 5.98. The maximum absolute atomic E-state index is 12.9. The first-order valence-electron chi connectivity index (χ1n) is 11.0. The first-order valence-corrected chi connectivity index (χ1v) is 11.0. The third-order valence-electron chi connectivity index (χ3n) is 5.07. The summed E-state index contributed by atoms with van der Waals surface area (Å²) in [7, 11) is 0. The number of rotatable bonds is 9. The molecule has 0 saturated carbocycles. The molecule has 3 N–H and O–H groups in total. The van der Waals surface area contributed by atoms with Crippen molar-refractivity contribution in [2.75, 3.05) is 23.8 Å². The Morgan fingerprint density at radius 2 is 1.70 bits per heavy atom. The number of aromatic nitrogens is 2. The summed E-state index contributed by atoms with van der Waals surface area (Å²) in [5, 5.41) is 0. The van der Waals surface area contributed by atoms with Crippen LogP contribution in [0.5, 0.6) is 5.75 Å². The highest BCUT2D eigenvalue weighted by atomic mass is 19.4. The number of esters is 1. The topological polar surface area (TPSA) is 137 Å². The number of nitrogens with one attached hydrogen (secondary N) is 1. The van der Waals surface area contributed by atoms with Crippen molar-refractivity contribution in [1.82, 2.24) is 9.55 Å². The van der Waals surface area contributed by atoms with E-state index in [1.807, 2.05) is 0 Å². The fraction of sp³-hybridized carbons (Fsp3) is 0.250. The first-order chi connectivity index (χ1) is 17.5. The van der Waals surface area contributed by atoms with Crippen LogP contribution in [0, 0.1) is 0 Å². The van der Waals surface area contributed by atoms with Gasteiger partial charge in [0.15, 0.2) is 12.3 Å². The van der Waals surface area contributed by atoms with Gasteiger partial charge in [0.25, 0.3) is 11.5 Å². The van der Waals surface area contributed by atoms with Crippen molar-refractivity contribution < 1.29 is 32.2 Å². The number of amides is 1. The monoisotopic (exact) mass is 520 g/mol. The Hall–Kier alpha value is -4.55. The summed E-state index contributed by atoms with van der Waals surface area (Å²) in [4.78, 5) is 53.5. The van der Waals surface area contributed by atoms with Crippen LogP contribution in [0.2, 0.25) is 0 Å². The summed E-state index contributed by atoms with van der Waals surface area (Å²) in [5.41, 5.74) is 4.83. The molecule has 3 rings (SSSR count). The summed E-state index contributed by atoms with van der Waals surface area (Å²) < 4.78 is 46.7. The van der Waals surface area contributed by atoms with Crippen molar-refractivity contribution in [3.8, 4) is 5.75 Å². The summed E-state index contributed by atoms with van der Waals surface area (Å²) in [6, 6.07) is 12.8. The molecule has 13 heteroatoms. The highest BCUT2D eigenvalue weighted by Gasteiger charge is 2.31. The lowest BCUT2D eigenvalue weighted by Crippen LogP contribution is -2.43. The van der Waals surface area contributed by atoms with E-state index < -0.39 is 41.8 Å². The molecule has 0 aliphatic carbocycles. The molecule has 2 aromatic carbocycles. The third kappa shape index (κ3) is 6.99. The number of hydrogen-bond donors (Lipinski definition) is 2. The van der Waals surface area contributed by atoms with E-state index in [9.17, 15) is 32.3 Å². The zero-order valence-corrected chi connectivity index (χ0v) is 19.6. The number of nitrogen functional groups attached to an aromatic ring is 1. The molecule has 196 valence electrons. The highest BCUT2D eigenvalue weighted by Crippen LogP contribution is 2.23. The minimum absolute atomic E-state index is 0.0245. The predicted octanol–water partition coefficient (Wildman–Crippen LogP) is 2.67. The second-order valence-electron chi connectivity index (χ2n) is 7.76. The van der Waals surface area contributed by atoms with Crippen LogP contribution in [0.3, 0.4) is 0 Å². The smallest absolute Gasteiger partial charge is 0.452 e. The molecule has 10 nitrogen and oxygen atoms in total. The Labute approximate surface area is 208 Å². The Kier molecular flexibility index (Phi) is 8.37. The van der Waals surface area contributed by atoms with E-state index in [2.05, 4.69) is 9.72 Å². The molecule has 0 radical (unpaired) electrons. The molecule has 0 aliphatic rings. The number of hydrogen-bond acceptors (Lipinski definition) is 7. The number of ether oxygens (including phenoxy) is 2. The standard InChI is InChI=1S/C24H23F3N4O6/c1-2-12-30(18(32)14-36-22(34)16-8-10-17(11-9-16)37-24(25,26)27)19-20(28)31(23(35)29-21(19)33)13-15-6-4-3-5-7-15/h3-11H,2,12-14,28H2,1H3,(H,29,33,35). The van der Waals surface area contributed by atoms with E-state index in [4.69, 9.17) is 10.5 Å². The van der Waals surface area contributed by atoms with Gasteiger partial charge in [0, 0.05) is 6.54 Å². The SMILES string of the molecule is CCCN(C(=O)COC(=O)c1ccc(OC(F)(F)F)cc1)c1c(N)n(Cc2ccccc2)c(=O)[nH]c1=O.